The van der Waals surface area contributed by atoms with Crippen LogP contribution < -0.4 is 0 Å². The fraction of sp³-hybridized carbons (Fsp3) is 0.353. The third-order valence-corrected chi connectivity index (χ3v) is 4.51. The van der Waals surface area contributed by atoms with E-state index in [-0.39, 0.29) is 11.8 Å². The van der Waals surface area contributed by atoms with Crippen molar-refractivity contribution in [1.29, 1.82) is 0 Å². The second kappa shape index (κ2) is 7.36. The molecule has 20 heavy (non-hydrogen) atoms. The van der Waals surface area contributed by atoms with Gasteiger partial charge in [0.1, 0.15) is 0 Å². The van der Waals surface area contributed by atoms with Gasteiger partial charge in [0.15, 0.2) is 5.78 Å². The Hall–Kier alpha value is -1.45. The first kappa shape index (κ1) is 14.9. The molecule has 1 heterocycles. The van der Waals surface area contributed by atoms with Gasteiger partial charge in [-0.05, 0) is 31.3 Å². The third-order valence-electron chi connectivity index (χ3n) is 3.57. The average molecular weight is 287 g/mol. The van der Waals surface area contributed by atoms with Gasteiger partial charge in [-0.3, -0.25) is 9.69 Å². The topological polar surface area (TPSA) is 20.3 Å². The second-order valence-corrected chi connectivity index (χ2v) is 6.00. The maximum absolute atomic E-state index is 12.5. The van der Waals surface area contributed by atoms with Crippen LogP contribution in [0.2, 0.25) is 0 Å². The second-order valence-electron chi connectivity index (χ2n) is 4.96. The minimum Gasteiger partial charge on any atom is -0.296 e. The van der Waals surface area contributed by atoms with Gasteiger partial charge in [-0.25, -0.2) is 0 Å². The largest absolute Gasteiger partial charge is 0.296 e. The molecule has 2 aromatic rings. The van der Waals surface area contributed by atoms with Crippen molar-refractivity contribution in [1.82, 2.24) is 4.90 Å². The standard InChI is InChI=1S/C17H21NOS/c1-3-16(17(19)14-8-5-4-6-9-14)18(2)12-11-15-10-7-13-20-15/h4-10,13,16H,3,11-12H2,1-2H3. The molecule has 0 aliphatic heterocycles. The van der Waals surface area contributed by atoms with Gasteiger partial charge in [0.2, 0.25) is 0 Å². The summed E-state index contributed by atoms with van der Waals surface area (Å²) in [6.45, 7) is 2.99. The minimum atomic E-state index is -0.0302. The van der Waals surface area contributed by atoms with E-state index in [9.17, 15) is 4.79 Å². The maximum atomic E-state index is 12.5. The van der Waals surface area contributed by atoms with Crippen molar-refractivity contribution in [3.63, 3.8) is 0 Å². The first-order valence-electron chi connectivity index (χ1n) is 7.04. The zero-order valence-electron chi connectivity index (χ0n) is 12.1. The molecule has 1 aromatic heterocycles. The highest BCUT2D eigenvalue weighted by molar-refractivity contribution is 7.09. The number of likely N-dealkylation sites (N-methyl/N-ethyl adjacent to an activating group) is 1. The summed E-state index contributed by atoms with van der Waals surface area (Å²) in [6, 6.07) is 13.8. The average Bonchev–Trinajstić information content (AvgIpc) is 3.00. The summed E-state index contributed by atoms with van der Waals surface area (Å²) >= 11 is 1.78. The van der Waals surface area contributed by atoms with Gasteiger partial charge < -0.3 is 0 Å². The molecule has 0 radical (unpaired) electrons. The lowest BCUT2D eigenvalue weighted by Crippen LogP contribution is -2.39. The lowest BCUT2D eigenvalue weighted by molar-refractivity contribution is 0.0847. The van der Waals surface area contributed by atoms with Crippen LogP contribution in [0.5, 0.6) is 0 Å². The molecular formula is C17H21NOS. The summed E-state index contributed by atoms with van der Waals surface area (Å²) in [5, 5.41) is 2.10. The SMILES string of the molecule is CCC(C(=O)c1ccccc1)N(C)CCc1cccs1. The van der Waals surface area contributed by atoms with Gasteiger partial charge in [-0.1, -0.05) is 43.3 Å². The molecule has 0 spiro atoms. The fourth-order valence-corrected chi connectivity index (χ4v) is 3.09. The van der Waals surface area contributed by atoms with Gasteiger partial charge >= 0.3 is 0 Å². The zero-order chi connectivity index (χ0) is 14.4. The molecular weight excluding hydrogens is 266 g/mol. The number of hydrogen-bond donors (Lipinski definition) is 0. The molecule has 0 N–H and O–H groups in total. The number of hydrogen-bond acceptors (Lipinski definition) is 3. The Bertz CT molecular complexity index is 521. The molecule has 0 amide bonds. The van der Waals surface area contributed by atoms with Crippen molar-refractivity contribution < 1.29 is 4.79 Å². The summed E-state index contributed by atoms with van der Waals surface area (Å²) in [5.41, 5.74) is 0.808. The van der Waals surface area contributed by atoms with Gasteiger partial charge in [0, 0.05) is 17.0 Å². The number of benzene rings is 1. The molecule has 1 aromatic carbocycles. The number of carbonyl (C=O) groups excluding carboxylic acids is 1. The number of carbonyl (C=O) groups is 1. The van der Waals surface area contributed by atoms with Crippen molar-refractivity contribution in [3.8, 4) is 0 Å². The Morgan fingerprint density at radius 3 is 2.55 bits per heavy atom. The van der Waals surface area contributed by atoms with Gasteiger partial charge in [-0.15, -0.1) is 11.3 Å². The quantitative estimate of drug-likeness (QED) is 0.720. The molecule has 0 aliphatic rings. The van der Waals surface area contributed by atoms with E-state index in [0.717, 1.165) is 24.9 Å². The summed E-state index contributed by atoms with van der Waals surface area (Å²) in [6.07, 6.45) is 1.85. The van der Waals surface area contributed by atoms with E-state index in [1.165, 1.54) is 4.88 Å². The van der Waals surface area contributed by atoms with Crippen LogP contribution in [0.4, 0.5) is 0 Å². The highest BCUT2D eigenvalue weighted by Gasteiger charge is 2.22. The highest BCUT2D eigenvalue weighted by Crippen LogP contribution is 2.14. The number of Topliss-reactive ketones (excluding diaryl/α,β-unsaturated/α-hetero) is 1. The summed E-state index contributed by atoms with van der Waals surface area (Å²) in [7, 11) is 2.04. The first-order chi connectivity index (χ1) is 9.72. The van der Waals surface area contributed by atoms with Crippen molar-refractivity contribution in [2.75, 3.05) is 13.6 Å². The van der Waals surface area contributed by atoms with Gasteiger partial charge in [0.25, 0.3) is 0 Å². The van der Waals surface area contributed by atoms with E-state index in [2.05, 4.69) is 29.3 Å². The number of ketones is 1. The van der Waals surface area contributed by atoms with E-state index >= 15 is 0 Å². The van der Waals surface area contributed by atoms with Crippen LogP contribution in [0.1, 0.15) is 28.6 Å². The predicted octanol–water partition coefficient (Wildman–Crippen LogP) is 3.88. The molecule has 2 nitrogen and oxygen atoms in total. The third kappa shape index (κ3) is 3.78. The molecule has 3 heteroatoms. The molecule has 0 saturated carbocycles. The summed E-state index contributed by atoms with van der Waals surface area (Å²) in [5.74, 6) is 0.224. The molecule has 2 rings (SSSR count). The Balaban J connectivity index is 1.98. The van der Waals surface area contributed by atoms with Gasteiger partial charge in [0.05, 0.1) is 6.04 Å². The Kier molecular flexibility index (Phi) is 5.50. The van der Waals surface area contributed by atoms with Crippen molar-refractivity contribution >= 4 is 17.1 Å². The normalized spacial score (nSPS) is 12.6. The number of nitrogens with zero attached hydrogens (tertiary/aromatic N) is 1. The van der Waals surface area contributed by atoms with Crippen molar-refractivity contribution in [2.45, 2.75) is 25.8 Å². The van der Waals surface area contributed by atoms with Crippen LogP contribution >= 0.6 is 11.3 Å². The lowest BCUT2D eigenvalue weighted by atomic mass is 10.0. The van der Waals surface area contributed by atoms with E-state index in [4.69, 9.17) is 0 Å². The predicted molar refractivity (Wildman–Crippen MR) is 85.5 cm³/mol. The van der Waals surface area contributed by atoms with Crippen LogP contribution in [0.15, 0.2) is 47.8 Å². The molecule has 106 valence electrons. The highest BCUT2D eigenvalue weighted by atomic mass is 32.1. The molecule has 1 unspecified atom stereocenters. The van der Waals surface area contributed by atoms with Crippen LogP contribution in [-0.4, -0.2) is 30.3 Å². The maximum Gasteiger partial charge on any atom is 0.179 e. The fourth-order valence-electron chi connectivity index (χ4n) is 2.39. The first-order valence-corrected chi connectivity index (χ1v) is 7.92. The number of thiophene rings is 1. The lowest BCUT2D eigenvalue weighted by Gasteiger charge is -2.25. The van der Waals surface area contributed by atoms with Crippen molar-refractivity contribution in [2.24, 2.45) is 0 Å². The zero-order valence-corrected chi connectivity index (χ0v) is 12.9. The van der Waals surface area contributed by atoms with E-state index in [0.29, 0.717) is 0 Å². The molecule has 0 fully saturated rings. The smallest absolute Gasteiger partial charge is 0.179 e. The van der Waals surface area contributed by atoms with E-state index in [1.54, 1.807) is 11.3 Å². The molecule has 0 aliphatic carbocycles. The van der Waals surface area contributed by atoms with E-state index in [1.807, 2.05) is 37.4 Å². The van der Waals surface area contributed by atoms with Crippen LogP contribution in [0.3, 0.4) is 0 Å². The molecule has 1 atom stereocenters. The Morgan fingerprint density at radius 2 is 1.95 bits per heavy atom. The summed E-state index contributed by atoms with van der Waals surface area (Å²) in [4.78, 5) is 16.1. The van der Waals surface area contributed by atoms with E-state index < -0.39 is 0 Å². The molecule has 0 saturated heterocycles. The molecule has 0 bridgehead atoms. The van der Waals surface area contributed by atoms with Crippen molar-refractivity contribution in [3.05, 3.63) is 58.3 Å². The minimum absolute atomic E-state index is 0.0302. The van der Waals surface area contributed by atoms with Gasteiger partial charge in [-0.2, -0.15) is 0 Å². The van der Waals surface area contributed by atoms with Crippen LogP contribution in [0.25, 0.3) is 0 Å². The van der Waals surface area contributed by atoms with Crippen LogP contribution in [0, 0.1) is 0 Å². The Morgan fingerprint density at radius 1 is 1.20 bits per heavy atom. The van der Waals surface area contributed by atoms with Crippen LogP contribution in [-0.2, 0) is 6.42 Å². The monoisotopic (exact) mass is 287 g/mol. The summed E-state index contributed by atoms with van der Waals surface area (Å²) < 4.78 is 0. The Labute approximate surface area is 125 Å². The number of rotatable bonds is 7.